The molecule has 1 aliphatic heterocycles. The van der Waals surface area contributed by atoms with Crippen LogP contribution in [0.1, 0.15) is 23.6 Å². The number of benzene rings is 1. The Bertz CT molecular complexity index is 695. The van der Waals surface area contributed by atoms with Crippen LogP contribution in [0.5, 0.6) is 0 Å². The molecule has 5 heteroatoms. The maximum atomic E-state index is 12.0. The summed E-state index contributed by atoms with van der Waals surface area (Å²) in [7, 11) is 0. The van der Waals surface area contributed by atoms with Crippen molar-refractivity contribution in [3.63, 3.8) is 0 Å². The standard InChI is InChI=1S/C17H18N2O2S/c1-12(20)19-6-4-14-2-3-16(9-15(14)10-19)18-17(21)8-13-5-7-22-11-13/h2-3,5,7,9,11H,4,6,8,10H2,1H3,(H,18,21). The number of rotatable bonds is 3. The number of hydrogen-bond donors (Lipinski definition) is 1. The fourth-order valence-corrected chi connectivity index (χ4v) is 3.36. The molecular formula is C17H18N2O2S. The van der Waals surface area contributed by atoms with Gasteiger partial charge in [0.25, 0.3) is 0 Å². The number of nitrogens with zero attached hydrogens (tertiary/aromatic N) is 1. The second-order valence-electron chi connectivity index (χ2n) is 5.53. The molecule has 1 aromatic heterocycles. The molecule has 0 saturated heterocycles. The van der Waals surface area contributed by atoms with E-state index in [1.807, 2.05) is 39.9 Å². The van der Waals surface area contributed by atoms with Crippen molar-refractivity contribution in [3.05, 3.63) is 51.7 Å². The molecule has 0 bridgehead atoms. The van der Waals surface area contributed by atoms with Crippen molar-refractivity contribution >= 4 is 28.8 Å². The van der Waals surface area contributed by atoms with Crippen LogP contribution in [0.25, 0.3) is 0 Å². The molecule has 114 valence electrons. The van der Waals surface area contributed by atoms with Gasteiger partial charge in [0, 0.05) is 25.7 Å². The highest BCUT2D eigenvalue weighted by Crippen LogP contribution is 2.23. The molecule has 1 aromatic carbocycles. The zero-order valence-corrected chi connectivity index (χ0v) is 13.3. The molecule has 1 aliphatic rings. The van der Waals surface area contributed by atoms with E-state index >= 15 is 0 Å². The molecule has 0 saturated carbocycles. The van der Waals surface area contributed by atoms with E-state index in [9.17, 15) is 9.59 Å². The van der Waals surface area contributed by atoms with E-state index in [1.54, 1.807) is 18.3 Å². The molecule has 0 unspecified atom stereocenters. The minimum atomic E-state index is -0.0161. The average molecular weight is 314 g/mol. The molecule has 2 amide bonds. The van der Waals surface area contributed by atoms with Gasteiger partial charge in [-0.2, -0.15) is 11.3 Å². The van der Waals surface area contributed by atoms with Crippen molar-refractivity contribution in [1.82, 2.24) is 4.90 Å². The first-order valence-electron chi connectivity index (χ1n) is 7.30. The Kier molecular flexibility index (Phi) is 4.24. The van der Waals surface area contributed by atoms with E-state index < -0.39 is 0 Å². The number of nitrogens with one attached hydrogen (secondary N) is 1. The summed E-state index contributed by atoms with van der Waals surface area (Å²) in [5.74, 6) is 0.0788. The topological polar surface area (TPSA) is 49.4 Å². The van der Waals surface area contributed by atoms with Gasteiger partial charge in [-0.15, -0.1) is 0 Å². The third-order valence-electron chi connectivity index (χ3n) is 3.89. The Morgan fingerprint density at radius 2 is 2.14 bits per heavy atom. The summed E-state index contributed by atoms with van der Waals surface area (Å²) >= 11 is 1.59. The summed E-state index contributed by atoms with van der Waals surface area (Å²) in [6.07, 6.45) is 1.26. The summed E-state index contributed by atoms with van der Waals surface area (Å²) in [6, 6.07) is 7.93. The number of thiophene rings is 1. The van der Waals surface area contributed by atoms with Crippen molar-refractivity contribution in [1.29, 1.82) is 0 Å². The molecule has 3 rings (SSSR count). The predicted octanol–water partition coefficient (Wildman–Crippen LogP) is 2.83. The van der Waals surface area contributed by atoms with Gasteiger partial charge in [0.2, 0.25) is 11.8 Å². The van der Waals surface area contributed by atoms with Gasteiger partial charge >= 0.3 is 0 Å². The van der Waals surface area contributed by atoms with Crippen LogP contribution in [0.2, 0.25) is 0 Å². The lowest BCUT2D eigenvalue weighted by Crippen LogP contribution is -2.34. The molecule has 4 nitrogen and oxygen atoms in total. The van der Waals surface area contributed by atoms with Gasteiger partial charge in [-0.1, -0.05) is 6.07 Å². The molecule has 2 aromatic rings. The molecule has 22 heavy (non-hydrogen) atoms. The van der Waals surface area contributed by atoms with Gasteiger partial charge in [0.15, 0.2) is 0 Å². The number of carbonyl (C=O) groups excluding carboxylic acids is 2. The lowest BCUT2D eigenvalue weighted by atomic mass is 9.99. The maximum absolute atomic E-state index is 12.0. The maximum Gasteiger partial charge on any atom is 0.228 e. The summed E-state index contributed by atoms with van der Waals surface area (Å²) in [5, 5.41) is 6.89. The number of anilines is 1. The number of amides is 2. The summed E-state index contributed by atoms with van der Waals surface area (Å²) < 4.78 is 0. The van der Waals surface area contributed by atoms with Gasteiger partial charge in [0.1, 0.15) is 0 Å². The van der Waals surface area contributed by atoms with Crippen molar-refractivity contribution < 1.29 is 9.59 Å². The van der Waals surface area contributed by atoms with Gasteiger partial charge in [-0.05, 0) is 52.1 Å². The van der Waals surface area contributed by atoms with Crippen LogP contribution in [-0.2, 0) is 29.0 Å². The minimum Gasteiger partial charge on any atom is -0.338 e. The Hall–Kier alpha value is -2.14. The molecule has 0 atom stereocenters. The predicted molar refractivity (Wildman–Crippen MR) is 87.9 cm³/mol. The highest BCUT2D eigenvalue weighted by atomic mass is 32.1. The Morgan fingerprint density at radius 1 is 1.27 bits per heavy atom. The quantitative estimate of drug-likeness (QED) is 0.947. The van der Waals surface area contributed by atoms with E-state index in [1.165, 1.54) is 5.56 Å². The summed E-state index contributed by atoms with van der Waals surface area (Å²) in [4.78, 5) is 25.4. The van der Waals surface area contributed by atoms with Gasteiger partial charge in [-0.25, -0.2) is 0 Å². The highest BCUT2D eigenvalue weighted by molar-refractivity contribution is 7.08. The zero-order valence-electron chi connectivity index (χ0n) is 12.5. The van der Waals surface area contributed by atoms with Crippen LogP contribution in [0.15, 0.2) is 35.0 Å². The number of fused-ring (bicyclic) bond motifs is 1. The second-order valence-corrected chi connectivity index (χ2v) is 6.31. The zero-order chi connectivity index (χ0) is 15.5. The third-order valence-corrected chi connectivity index (χ3v) is 4.62. The first kappa shape index (κ1) is 14.8. The van der Waals surface area contributed by atoms with E-state index in [4.69, 9.17) is 0 Å². The summed E-state index contributed by atoms with van der Waals surface area (Å²) in [6.45, 7) is 2.99. The first-order valence-corrected chi connectivity index (χ1v) is 8.24. The van der Waals surface area contributed by atoms with Crippen molar-refractivity contribution in [2.45, 2.75) is 26.3 Å². The monoisotopic (exact) mass is 314 g/mol. The van der Waals surface area contributed by atoms with Crippen LogP contribution in [0.3, 0.4) is 0 Å². The van der Waals surface area contributed by atoms with Gasteiger partial charge in [-0.3, -0.25) is 9.59 Å². The van der Waals surface area contributed by atoms with Crippen LogP contribution in [-0.4, -0.2) is 23.3 Å². The minimum absolute atomic E-state index is 0.0161. The lowest BCUT2D eigenvalue weighted by Gasteiger charge is -2.28. The molecule has 2 heterocycles. The highest BCUT2D eigenvalue weighted by Gasteiger charge is 2.18. The smallest absolute Gasteiger partial charge is 0.228 e. The molecular weight excluding hydrogens is 296 g/mol. The Morgan fingerprint density at radius 3 is 2.86 bits per heavy atom. The number of hydrogen-bond acceptors (Lipinski definition) is 3. The van der Waals surface area contributed by atoms with Crippen LogP contribution < -0.4 is 5.32 Å². The molecule has 0 fully saturated rings. The van der Waals surface area contributed by atoms with E-state index in [0.29, 0.717) is 13.0 Å². The van der Waals surface area contributed by atoms with Gasteiger partial charge < -0.3 is 10.2 Å². The first-order chi connectivity index (χ1) is 10.6. The normalized spacial score (nSPS) is 13.6. The molecule has 1 N–H and O–H groups in total. The number of carbonyl (C=O) groups is 2. The van der Waals surface area contributed by atoms with Crippen molar-refractivity contribution in [3.8, 4) is 0 Å². The van der Waals surface area contributed by atoms with E-state index in [-0.39, 0.29) is 11.8 Å². The fourth-order valence-electron chi connectivity index (χ4n) is 2.69. The second kappa shape index (κ2) is 6.32. The van der Waals surface area contributed by atoms with E-state index in [0.717, 1.165) is 29.8 Å². The van der Waals surface area contributed by atoms with Crippen LogP contribution in [0.4, 0.5) is 5.69 Å². The third kappa shape index (κ3) is 3.36. The van der Waals surface area contributed by atoms with Crippen LogP contribution >= 0.6 is 11.3 Å². The van der Waals surface area contributed by atoms with Crippen LogP contribution in [0, 0.1) is 0 Å². The summed E-state index contributed by atoms with van der Waals surface area (Å²) in [5.41, 5.74) is 4.20. The largest absolute Gasteiger partial charge is 0.338 e. The van der Waals surface area contributed by atoms with E-state index in [2.05, 4.69) is 5.32 Å². The molecule has 0 aliphatic carbocycles. The SMILES string of the molecule is CC(=O)N1CCc2ccc(NC(=O)Cc3ccsc3)cc2C1. The van der Waals surface area contributed by atoms with Crippen molar-refractivity contribution in [2.75, 3.05) is 11.9 Å². The lowest BCUT2D eigenvalue weighted by molar-refractivity contribution is -0.129. The fraction of sp³-hybridized carbons (Fsp3) is 0.294. The molecule has 0 spiro atoms. The Balaban J connectivity index is 1.69. The van der Waals surface area contributed by atoms with Gasteiger partial charge in [0.05, 0.1) is 6.42 Å². The average Bonchev–Trinajstić information content (AvgIpc) is 2.99. The Labute approximate surface area is 133 Å². The molecule has 0 radical (unpaired) electrons. The van der Waals surface area contributed by atoms with Crippen molar-refractivity contribution in [2.24, 2.45) is 0 Å².